The molecule has 2 heterocycles. The molecule has 3 rings (SSSR count). The maximum Gasteiger partial charge on any atom is 0.249 e. The molecule has 158 valence electrons. The summed E-state index contributed by atoms with van der Waals surface area (Å²) < 4.78 is 29.3. The molecular weight excluding hydrogens is 390 g/mol. The quantitative estimate of drug-likeness (QED) is 0.682. The Morgan fingerprint density at radius 1 is 1.28 bits per heavy atom. The number of nitrogens with one attached hydrogen (secondary N) is 1. The van der Waals surface area contributed by atoms with Crippen molar-refractivity contribution in [2.75, 3.05) is 28.5 Å². The summed E-state index contributed by atoms with van der Waals surface area (Å²) in [5.74, 6) is -0.439. The molecule has 2 aromatic rings. The Morgan fingerprint density at radius 2 is 2.07 bits per heavy atom. The predicted octanol–water partition coefficient (Wildman–Crippen LogP) is 2.34. The van der Waals surface area contributed by atoms with Gasteiger partial charge in [-0.05, 0) is 43.9 Å². The van der Waals surface area contributed by atoms with Crippen LogP contribution in [0.4, 0.5) is 11.4 Å². The van der Waals surface area contributed by atoms with Crippen molar-refractivity contribution >= 4 is 27.3 Å². The van der Waals surface area contributed by atoms with Gasteiger partial charge in [-0.2, -0.15) is 5.10 Å². The van der Waals surface area contributed by atoms with Crippen molar-refractivity contribution < 1.29 is 13.2 Å². The number of rotatable bonds is 8. The van der Waals surface area contributed by atoms with Gasteiger partial charge < -0.3 is 11.1 Å². The molecule has 1 aliphatic rings. The highest BCUT2D eigenvalue weighted by atomic mass is 32.2. The minimum Gasteiger partial charge on any atom is -0.385 e. The second-order valence-corrected chi connectivity index (χ2v) is 9.23. The molecule has 0 spiro atoms. The minimum atomic E-state index is -3.47. The first kappa shape index (κ1) is 21.2. The number of amides is 1. The highest BCUT2D eigenvalue weighted by molar-refractivity contribution is 7.92. The number of nitrogens with two attached hydrogens (primary N) is 1. The number of anilines is 2. The van der Waals surface area contributed by atoms with Crippen LogP contribution in [0.5, 0.6) is 0 Å². The first-order valence-electron chi connectivity index (χ1n) is 10.1. The molecule has 29 heavy (non-hydrogen) atoms. The van der Waals surface area contributed by atoms with E-state index in [-0.39, 0.29) is 5.75 Å². The van der Waals surface area contributed by atoms with Gasteiger partial charge >= 0.3 is 0 Å². The van der Waals surface area contributed by atoms with Crippen LogP contribution in [0, 0.1) is 0 Å². The molecular formula is C20H29N5O3S. The molecule has 1 amide bonds. The fourth-order valence-corrected chi connectivity index (χ4v) is 5.58. The number of hydrogen-bond acceptors (Lipinski definition) is 5. The standard InChI is InChI=1S/C20H29N5O3S/c1-3-8-15-16(20(21)26)13-18(22-4-2)17(14-24-10-7-9-23-24)19(15)25-11-5-6-12-29(25,27)28/h7,9-10,13,22H,3-6,8,11-12,14H2,1-2H3,(H2,21,26). The zero-order valence-electron chi connectivity index (χ0n) is 17.0. The van der Waals surface area contributed by atoms with E-state index in [1.807, 2.05) is 26.1 Å². The third-order valence-electron chi connectivity index (χ3n) is 5.12. The number of sulfonamides is 1. The van der Waals surface area contributed by atoms with Gasteiger partial charge in [0.05, 0.1) is 18.0 Å². The predicted molar refractivity (Wildman–Crippen MR) is 115 cm³/mol. The highest BCUT2D eigenvalue weighted by Gasteiger charge is 2.32. The Kier molecular flexibility index (Phi) is 6.46. The van der Waals surface area contributed by atoms with E-state index in [1.54, 1.807) is 16.9 Å². The van der Waals surface area contributed by atoms with E-state index in [0.717, 1.165) is 18.4 Å². The van der Waals surface area contributed by atoms with Gasteiger partial charge in [-0.15, -0.1) is 0 Å². The molecule has 0 saturated carbocycles. The van der Waals surface area contributed by atoms with Crippen LogP contribution in [0.3, 0.4) is 0 Å². The number of carbonyl (C=O) groups excluding carboxylic acids is 1. The molecule has 1 aliphatic heterocycles. The van der Waals surface area contributed by atoms with Crippen molar-refractivity contribution in [3.63, 3.8) is 0 Å². The summed E-state index contributed by atoms with van der Waals surface area (Å²) in [6.07, 6.45) is 6.29. The molecule has 0 bridgehead atoms. The summed E-state index contributed by atoms with van der Waals surface area (Å²) in [5, 5.41) is 7.59. The number of aromatic nitrogens is 2. The van der Waals surface area contributed by atoms with Crippen LogP contribution >= 0.6 is 0 Å². The second kappa shape index (κ2) is 8.86. The largest absolute Gasteiger partial charge is 0.385 e. The van der Waals surface area contributed by atoms with Crippen LogP contribution in [0.15, 0.2) is 24.5 Å². The molecule has 0 radical (unpaired) electrons. The van der Waals surface area contributed by atoms with Crippen molar-refractivity contribution in [3.8, 4) is 0 Å². The lowest BCUT2D eigenvalue weighted by molar-refractivity contribution is 0.0999. The fourth-order valence-electron chi connectivity index (χ4n) is 3.88. The van der Waals surface area contributed by atoms with Gasteiger partial charge in [-0.3, -0.25) is 13.8 Å². The summed E-state index contributed by atoms with van der Waals surface area (Å²) in [5.41, 5.74) is 8.91. The average Bonchev–Trinajstić information content (AvgIpc) is 3.17. The second-order valence-electron chi connectivity index (χ2n) is 7.22. The number of benzene rings is 1. The van der Waals surface area contributed by atoms with E-state index < -0.39 is 15.9 Å². The van der Waals surface area contributed by atoms with Crippen molar-refractivity contribution in [2.24, 2.45) is 5.73 Å². The van der Waals surface area contributed by atoms with Gasteiger partial charge in [0.15, 0.2) is 0 Å². The van der Waals surface area contributed by atoms with Crippen LogP contribution in [0.25, 0.3) is 0 Å². The van der Waals surface area contributed by atoms with Crippen molar-refractivity contribution in [3.05, 3.63) is 41.2 Å². The first-order chi connectivity index (χ1) is 13.9. The first-order valence-corrected chi connectivity index (χ1v) is 11.7. The van der Waals surface area contributed by atoms with E-state index >= 15 is 0 Å². The number of nitrogens with zero attached hydrogens (tertiary/aromatic N) is 3. The molecule has 0 atom stereocenters. The van der Waals surface area contributed by atoms with Crippen molar-refractivity contribution in [1.82, 2.24) is 9.78 Å². The van der Waals surface area contributed by atoms with E-state index in [4.69, 9.17) is 5.73 Å². The maximum atomic E-state index is 13.0. The van der Waals surface area contributed by atoms with Crippen LogP contribution in [0.2, 0.25) is 0 Å². The van der Waals surface area contributed by atoms with Crippen LogP contribution < -0.4 is 15.4 Å². The van der Waals surface area contributed by atoms with Gasteiger partial charge in [0.1, 0.15) is 0 Å². The van der Waals surface area contributed by atoms with Crippen LogP contribution in [-0.4, -0.2) is 42.9 Å². The summed E-state index contributed by atoms with van der Waals surface area (Å²) in [7, 11) is -3.47. The van der Waals surface area contributed by atoms with E-state index in [0.29, 0.717) is 55.0 Å². The van der Waals surface area contributed by atoms with Crippen molar-refractivity contribution in [1.29, 1.82) is 0 Å². The third-order valence-corrected chi connectivity index (χ3v) is 6.96. The minimum absolute atomic E-state index is 0.108. The zero-order chi connectivity index (χ0) is 21.0. The molecule has 0 unspecified atom stereocenters. The monoisotopic (exact) mass is 419 g/mol. The smallest absolute Gasteiger partial charge is 0.249 e. The number of hydrogen-bond donors (Lipinski definition) is 2. The van der Waals surface area contributed by atoms with E-state index in [9.17, 15) is 13.2 Å². The van der Waals surface area contributed by atoms with Gasteiger partial charge in [0.2, 0.25) is 15.9 Å². The maximum absolute atomic E-state index is 13.0. The summed E-state index contributed by atoms with van der Waals surface area (Å²) in [4.78, 5) is 12.3. The Hall–Kier alpha value is -2.55. The molecule has 0 aliphatic carbocycles. The molecule has 9 heteroatoms. The van der Waals surface area contributed by atoms with Gasteiger partial charge in [-0.25, -0.2) is 8.42 Å². The van der Waals surface area contributed by atoms with Crippen LogP contribution in [0.1, 0.15) is 54.6 Å². The highest BCUT2D eigenvalue weighted by Crippen LogP contribution is 2.39. The van der Waals surface area contributed by atoms with E-state index in [1.165, 1.54) is 4.31 Å². The molecule has 1 saturated heterocycles. The molecule has 1 aromatic heterocycles. The Bertz CT molecular complexity index is 970. The number of primary amides is 1. The fraction of sp³-hybridized carbons (Fsp3) is 0.500. The third kappa shape index (κ3) is 4.39. The molecule has 3 N–H and O–H groups in total. The summed E-state index contributed by atoms with van der Waals surface area (Å²) in [6, 6.07) is 3.59. The average molecular weight is 420 g/mol. The Balaban J connectivity index is 2.33. The summed E-state index contributed by atoms with van der Waals surface area (Å²) >= 11 is 0. The molecule has 1 fully saturated rings. The Labute approximate surface area is 172 Å². The molecule has 1 aromatic carbocycles. The lowest BCUT2D eigenvalue weighted by Gasteiger charge is -2.33. The Morgan fingerprint density at radius 3 is 2.66 bits per heavy atom. The normalized spacial score (nSPS) is 16.0. The lowest BCUT2D eigenvalue weighted by atomic mass is 9.94. The summed E-state index contributed by atoms with van der Waals surface area (Å²) in [6.45, 7) is 5.39. The zero-order valence-corrected chi connectivity index (χ0v) is 17.8. The van der Waals surface area contributed by atoms with Gasteiger partial charge in [0, 0.05) is 42.3 Å². The van der Waals surface area contributed by atoms with Crippen molar-refractivity contribution in [2.45, 2.75) is 46.1 Å². The van der Waals surface area contributed by atoms with Crippen LogP contribution in [-0.2, 0) is 23.0 Å². The van der Waals surface area contributed by atoms with Gasteiger partial charge in [0.25, 0.3) is 0 Å². The number of carbonyl (C=O) groups is 1. The van der Waals surface area contributed by atoms with Gasteiger partial charge in [-0.1, -0.05) is 13.3 Å². The SMILES string of the molecule is CCCc1c(C(N)=O)cc(NCC)c(Cn2cccn2)c1N1CCCCS1(=O)=O. The lowest BCUT2D eigenvalue weighted by Crippen LogP contribution is -2.39. The van der Waals surface area contributed by atoms with E-state index in [2.05, 4.69) is 10.4 Å². The topological polar surface area (TPSA) is 110 Å². The molecule has 8 nitrogen and oxygen atoms in total.